The molecule has 2 nitrogen and oxygen atoms in total. The molecule has 0 amide bonds. The molecule has 0 aliphatic carbocycles. The molecule has 0 saturated heterocycles. The van der Waals surface area contributed by atoms with E-state index in [0.717, 1.165) is 30.8 Å². The van der Waals surface area contributed by atoms with Gasteiger partial charge in [0, 0.05) is 5.92 Å². The Morgan fingerprint density at radius 1 is 1.14 bits per heavy atom. The van der Waals surface area contributed by atoms with E-state index in [1.165, 1.54) is 17.7 Å². The van der Waals surface area contributed by atoms with Crippen LogP contribution >= 0.6 is 0 Å². The molecule has 0 fully saturated rings. The van der Waals surface area contributed by atoms with Gasteiger partial charge in [-0.2, -0.15) is 0 Å². The summed E-state index contributed by atoms with van der Waals surface area (Å²) in [6, 6.07) is 14.7. The first kappa shape index (κ1) is 15.5. The number of benzene rings is 2. The molecule has 3 heteroatoms. The lowest BCUT2D eigenvalue weighted by Gasteiger charge is -2.16. The van der Waals surface area contributed by atoms with Crippen LogP contribution in [0.1, 0.15) is 30.4 Å². The predicted octanol–water partition coefficient (Wildman–Crippen LogP) is 3.90. The van der Waals surface area contributed by atoms with Crippen LogP contribution in [-0.4, -0.2) is 13.2 Å². The molecule has 2 rings (SSSR count). The average molecular weight is 287 g/mol. The number of nitrogens with two attached hydrogens (primary N) is 1. The summed E-state index contributed by atoms with van der Waals surface area (Å²) in [7, 11) is 0. The number of hydrogen-bond donors (Lipinski definition) is 1. The van der Waals surface area contributed by atoms with Gasteiger partial charge in [0.25, 0.3) is 0 Å². The first-order chi connectivity index (χ1) is 10.2. The molecule has 21 heavy (non-hydrogen) atoms. The Balaban J connectivity index is 2.09. The minimum absolute atomic E-state index is 0.187. The Bertz CT molecular complexity index is 553. The SMILES string of the molecule is CCCOc1cccc(CC(CN)c2ccc(F)cc2)c1. The van der Waals surface area contributed by atoms with E-state index in [-0.39, 0.29) is 11.7 Å². The van der Waals surface area contributed by atoms with Crippen molar-refractivity contribution in [1.29, 1.82) is 0 Å². The van der Waals surface area contributed by atoms with Gasteiger partial charge in [0.15, 0.2) is 0 Å². The molecule has 1 unspecified atom stereocenters. The van der Waals surface area contributed by atoms with Crippen molar-refractivity contribution in [2.24, 2.45) is 5.73 Å². The van der Waals surface area contributed by atoms with Crippen LogP contribution < -0.4 is 10.5 Å². The van der Waals surface area contributed by atoms with Crippen LogP contribution in [0.3, 0.4) is 0 Å². The van der Waals surface area contributed by atoms with E-state index in [2.05, 4.69) is 19.1 Å². The molecule has 0 saturated carbocycles. The third-order valence-corrected chi connectivity index (χ3v) is 3.48. The number of hydrogen-bond acceptors (Lipinski definition) is 2. The molecule has 112 valence electrons. The van der Waals surface area contributed by atoms with Gasteiger partial charge in [-0.25, -0.2) is 4.39 Å². The van der Waals surface area contributed by atoms with Gasteiger partial charge in [0.2, 0.25) is 0 Å². The zero-order chi connectivity index (χ0) is 15.1. The summed E-state index contributed by atoms with van der Waals surface area (Å²) in [6.45, 7) is 3.34. The van der Waals surface area contributed by atoms with Crippen molar-refractivity contribution in [1.82, 2.24) is 0 Å². The Kier molecular flexibility index (Phi) is 5.76. The third kappa shape index (κ3) is 4.57. The molecule has 0 radical (unpaired) electrons. The Morgan fingerprint density at radius 2 is 1.90 bits per heavy atom. The first-order valence-corrected chi connectivity index (χ1v) is 7.40. The zero-order valence-corrected chi connectivity index (χ0v) is 12.4. The number of rotatable bonds is 7. The molecule has 0 heterocycles. The van der Waals surface area contributed by atoms with Crippen LogP contribution in [-0.2, 0) is 6.42 Å². The smallest absolute Gasteiger partial charge is 0.123 e. The Hall–Kier alpha value is -1.87. The standard InChI is InChI=1S/C18H22FNO/c1-2-10-21-18-5-3-4-14(12-18)11-16(13-20)15-6-8-17(19)9-7-15/h3-9,12,16H,2,10-11,13,20H2,1H3. The molecule has 2 aromatic carbocycles. The highest BCUT2D eigenvalue weighted by Gasteiger charge is 2.11. The fraction of sp³-hybridized carbons (Fsp3) is 0.333. The highest BCUT2D eigenvalue weighted by molar-refractivity contribution is 5.31. The van der Waals surface area contributed by atoms with Crippen LogP contribution in [0.2, 0.25) is 0 Å². The van der Waals surface area contributed by atoms with Crippen LogP contribution in [0, 0.1) is 5.82 Å². The van der Waals surface area contributed by atoms with Crippen molar-refractivity contribution in [3.8, 4) is 5.75 Å². The average Bonchev–Trinajstić information content (AvgIpc) is 2.52. The van der Waals surface area contributed by atoms with E-state index in [9.17, 15) is 4.39 Å². The summed E-state index contributed by atoms with van der Waals surface area (Å²) in [6.07, 6.45) is 1.82. The van der Waals surface area contributed by atoms with Crippen molar-refractivity contribution in [3.05, 3.63) is 65.5 Å². The van der Waals surface area contributed by atoms with Crippen molar-refractivity contribution >= 4 is 0 Å². The van der Waals surface area contributed by atoms with E-state index in [1.807, 2.05) is 24.3 Å². The minimum atomic E-state index is -0.218. The summed E-state index contributed by atoms with van der Waals surface area (Å²) < 4.78 is 18.7. The van der Waals surface area contributed by atoms with Crippen LogP contribution in [0.4, 0.5) is 4.39 Å². The van der Waals surface area contributed by atoms with Crippen molar-refractivity contribution < 1.29 is 9.13 Å². The minimum Gasteiger partial charge on any atom is -0.494 e. The maximum atomic E-state index is 13.0. The van der Waals surface area contributed by atoms with Crippen molar-refractivity contribution in [2.75, 3.05) is 13.2 Å². The van der Waals surface area contributed by atoms with Crippen molar-refractivity contribution in [2.45, 2.75) is 25.7 Å². The lowest BCUT2D eigenvalue weighted by molar-refractivity contribution is 0.317. The summed E-state index contributed by atoms with van der Waals surface area (Å²) in [5.41, 5.74) is 8.14. The van der Waals surface area contributed by atoms with E-state index in [0.29, 0.717) is 6.54 Å². The third-order valence-electron chi connectivity index (χ3n) is 3.48. The molecular formula is C18H22FNO. The Morgan fingerprint density at radius 3 is 2.57 bits per heavy atom. The predicted molar refractivity (Wildman–Crippen MR) is 84.1 cm³/mol. The number of ether oxygens (including phenoxy) is 1. The largest absolute Gasteiger partial charge is 0.494 e. The summed E-state index contributed by atoms with van der Waals surface area (Å²) in [4.78, 5) is 0. The van der Waals surface area contributed by atoms with Crippen LogP contribution in [0.5, 0.6) is 5.75 Å². The van der Waals surface area contributed by atoms with Gasteiger partial charge >= 0.3 is 0 Å². The van der Waals surface area contributed by atoms with E-state index < -0.39 is 0 Å². The van der Waals surface area contributed by atoms with Gasteiger partial charge in [-0.15, -0.1) is 0 Å². The second kappa shape index (κ2) is 7.79. The lowest BCUT2D eigenvalue weighted by atomic mass is 9.92. The molecule has 0 aliphatic heterocycles. The molecule has 1 atom stereocenters. The lowest BCUT2D eigenvalue weighted by Crippen LogP contribution is -2.15. The molecule has 2 N–H and O–H groups in total. The van der Waals surface area contributed by atoms with E-state index >= 15 is 0 Å². The number of halogens is 1. The zero-order valence-electron chi connectivity index (χ0n) is 12.4. The van der Waals surface area contributed by atoms with Gasteiger partial charge in [-0.1, -0.05) is 31.2 Å². The molecule has 0 bridgehead atoms. The summed E-state index contributed by atoms with van der Waals surface area (Å²) in [5.74, 6) is 0.862. The quantitative estimate of drug-likeness (QED) is 0.838. The molecule has 0 aliphatic rings. The fourth-order valence-corrected chi connectivity index (χ4v) is 2.34. The first-order valence-electron chi connectivity index (χ1n) is 7.40. The van der Waals surface area contributed by atoms with Gasteiger partial charge in [0.1, 0.15) is 11.6 Å². The second-order valence-electron chi connectivity index (χ2n) is 5.18. The van der Waals surface area contributed by atoms with E-state index in [1.54, 1.807) is 0 Å². The summed E-state index contributed by atoms with van der Waals surface area (Å²) >= 11 is 0. The normalized spacial score (nSPS) is 12.1. The maximum Gasteiger partial charge on any atom is 0.123 e. The molecule has 2 aromatic rings. The molecule has 0 aromatic heterocycles. The van der Waals surface area contributed by atoms with Crippen molar-refractivity contribution in [3.63, 3.8) is 0 Å². The molecular weight excluding hydrogens is 265 g/mol. The van der Waals surface area contributed by atoms with Crippen LogP contribution in [0.25, 0.3) is 0 Å². The second-order valence-corrected chi connectivity index (χ2v) is 5.18. The monoisotopic (exact) mass is 287 g/mol. The van der Waals surface area contributed by atoms with Gasteiger partial charge < -0.3 is 10.5 Å². The van der Waals surface area contributed by atoms with Crippen LogP contribution in [0.15, 0.2) is 48.5 Å². The van der Waals surface area contributed by atoms with Gasteiger partial charge in [-0.05, 0) is 54.8 Å². The maximum absolute atomic E-state index is 13.0. The highest BCUT2D eigenvalue weighted by Crippen LogP contribution is 2.23. The van der Waals surface area contributed by atoms with E-state index in [4.69, 9.17) is 10.5 Å². The fourth-order valence-electron chi connectivity index (χ4n) is 2.34. The molecule has 0 spiro atoms. The highest BCUT2D eigenvalue weighted by atomic mass is 19.1. The topological polar surface area (TPSA) is 35.2 Å². The van der Waals surface area contributed by atoms with Gasteiger partial charge in [-0.3, -0.25) is 0 Å². The summed E-state index contributed by atoms with van der Waals surface area (Å²) in [5, 5.41) is 0. The Labute approximate surface area is 125 Å². The van der Waals surface area contributed by atoms with Gasteiger partial charge in [0.05, 0.1) is 6.61 Å².